The molecule has 2 rings (SSSR count). The van der Waals surface area contributed by atoms with E-state index in [0.717, 1.165) is 26.3 Å². The van der Waals surface area contributed by atoms with Crippen molar-refractivity contribution in [2.45, 2.75) is 33.1 Å². The van der Waals surface area contributed by atoms with E-state index in [2.05, 4.69) is 25.8 Å². The van der Waals surface area contributed by atoms with Crippen LogP contribution in [0.2, 0.25) is 0 Å². The summed E-state index contributed by atoms with van der Waals surface area (Å²) >= 11 is 0. The van der Waals surface area contributed by atoms with Gasteiger partial charge in [0.25, 0.3) is 0 Å². The number of rotatable bonds is 4. The lowest BCUT2D eigenvalue weighted by atomic mass is 9.54. The van der Waals surface area contributed by atoms with Crippen LogP contribution in [0.3, 0.4) is 0 Å². The number of ether oxygens (including phenoxy) is 1. The first-order valence-corrected chi connectivity index (χ1v) is 6.85. The minimum atomic E-state index is -0.695. The number of aliphatic carboxylic acids is 1. The zero-order valence-electron chi connectivity index (χ0n) is 11.7. The smallest absolute Gasteiger partial charge is 0.303 e. The molecule has 104 valence electrons. The van der Waals surface area contributed by atoms with Crippen molar-refractivity contribution in [1.29, 1.82) is 0 Å². The highest BCUT2D eigenvalue weighted by Crippen LogP contribution is 2.54. The third-order valence-electron chi connectivity index (χ3n) is 5.16. The second kappa shape index (κ2) is 4.82. The van der Waals surface area contributed by atoms with Gasteiger partial charge in [0.05, 0.1) is 19.6 Å². The van der Waals surface area contributed by atoms with Crippen molar-refractivity contribution >= 4 is 5.97 Å². The lowest BCUT2D eigenvalue weighted by molar-refractivity contribution is -0.217. The van der Waals surface area contributed by atoms with Gasteiger partial charge in [-0.05, 0) is 44.3 Å². The van der Waals surface area contributed by atoms with Crippen LogP contribution in [0.1, 0.15) is 33.1 Å². The number of hydrogen-bond donors (Lipinski definition) is 1. The number of carboxylic acids is 1. The minimum Gasteiger partial charge on any atom is -0.481 e. The number of piperidine rings is 1. The first-order chi connectivity index (χ1) is 8.37. The second-order valence-electron chi connectivity index (χ2n) is 6.68. The number of carboxylic acid groups (broad SMARTS) is 1. The molecule has 4 nitrogen and oxygen atoms in total. The predicted molar refractivity (Wildman–Crippen MR) is 69.5 cm³/mol. The fourth-order valence-electron chi connectivity index (χ4n) is 3.62. The average Bonchev–Trinajstić information content (AvgIpc) is 2.16. The van der Waals surface area contributed by atoms with Crippen molar-refractivity contribution in [1.82, 2.24) is 4.90 Å². The molecular weight excluding hydrogens is 230 g/mol. The molecule has 4 heteroatoms. The third-order valence-corrected chi connectivity index (χ3v) is 5.16. The summed E-state index contributed by atoms with van der Waals surface area (Å²) in [6.45, 7) is 7.92. The van der Waals surface area contributed by atoms with Crippen LogP contribution in [0.5, 0.6) is 0 Å². The molecule has 0 bridgehead atoms. The number of hydrogen-bond acceptors (Lipinski definition) is 3. The molecule has 0 aromatic rings. The van der Waals surface area contributed by atoms with Gasteiger partial charge < -0.3 is 14.7 Å². The molecule has 2 aliphatic heterocycles. The number of carbonyl (C=O) groups is 1. The topological polar surface area (TPSA) is 49.8 Å². The molecule has 0 amide bonds. The van der Waals surface area contributed by atoms with Crippen molar-refractivity contribution in [3.63, 3.8) is 0 Å². The van der Waals surface area contributed by atoms with Crippen LogP contribution in [0.25, 0.3) is 0 Å². The van der Waals surface area contributed by atoms with Crippen LogP contribution in [-0.2, 0) is 9.53 Å². The number of nitrogens with zero attached hydrogens (tertiary/aromatic N) is 1. The van der Waals surface area contributed by atoms with Gasteiger partial charge in [-0.25, -0.2) is 0 Å². The summed E-state index contributed by atoms with van der Waals surface area (Å²) in [6, 6.07) is 0. The van der Waals surface area contributed by atoms with E-state index in [1.807, 2.05) is 0 Å². The molecule has 0 unspecified atom stereocenters. The van der Waals surface area contributed by atoms with E-state index < -0.39 is 5.97 Å². The molecule has 2 heterocycles. The van der Waals surface area contributed by atoms with Crippen molar-refractivity contribution in [3.05, 3.63) is 0 Å². The van der Waals surface area contributed by atoms with Crippen LogP contribution in [0.4, 0.5) is 0 Å². The van der Waals surface area contributed by atoms with E-state index in [4.69, 9.17) is 9.84 Å². The SMILES string of the molecule is CN1CCC(C2(C(C)(C)CC(=O)O)COC2)CC1. The zero-order valence-corrected chi connectivity index (χ0v) is 11.7. The van der Waals surface area contributed by atoms with Crippen molar-refractivity contribution in [2.75, 3.05) is 33.4 Å². The van der Waals surface area contributed by atoms with Crippen LogP contribution < -0.4 is 0 Å². The Balaban J connectivity index is 2.12. The van der Waals surface area contributed by atoms with Crippen LogP contribution in [0.15, 0.2) is 0 Å². The summed E-state index contributed by atoms with van der Waals surface area (Å²) in [4.78, 5) is 13.4. The Morgan fingerprint density at radius 2 is 1.94 bits per heavy atom. The molecule has 18 heavy (non-hydrogen) atoms. The maximum atomic E-state index is 11.1. The van der Waals surface area contributed by atoms with E-state index in [0.29, 0.717) is 5.92 Å². The monoisotopic (exact) mass is 255 g/mol. The van der Waals surface area contributed by atoms with Crippen LogP contribution >= 0.6 is 0 Å². The van der Waals surface area contributed by atoms with E-state index in [1.54, 1.807) is 0 Å². The average molecular weight is 255 g/mol. The van der Waals surface area contributed by atoms with Crippen LogP contribution in [0, 0.1) is 16.7 Å². The van der Waals surface area contributed by atoms with Gasteiger partial charge in [-0.1, -0.05) is 13.8 Å². The molecule has 2 aliphatic rings. The van der Waals surface area contributed by atoms with E-state index in [9.17, 15) is 4.79 Å². The Hall–Kier alpha value is -0.610. The largest absolute Gasteiger partial charge is 0.481 e. The van der Waals surface area contributed by atoms with Crippen LogP contribution in [-0.4, -0.2) is 49.3 Å². The first kappa shape index (κ1) is 13.8. The maximum Gasteiger partial charge on any atom is 0.303 e. The summed E-state index contributed by atoms with van der Waals surface area (Å²) in [7, 11) is 2.16. The predicted octanol–water partition coefficient (Wildman–Crippen LogP) is 1.85. The highest BCUT2D eigenvalue weighted by molar-refractivity contribution is 5.67. The summed E-state index contributed by atoms with van der Waals surface area (Å²) in [5.74, 6) is -0.0870. The van der Waals surface area contributed by atoms with Gasteiger partial charge in [-0.15, -0.1) is 0 Å². The first-order valence-electron chi connectivity index (χ1n) is 6.85. The van der Waals surface area contributed by atoms with E-state index in [-0.39, 0.29) is 17.3 Å². The van der Waals surface area contributed by atoms with E-state index in [1.165, 1.54) is 12.8 Å². The summed E-state index contributed by atoms with van der Waals surface area (Å²) in [5.41, 5.74) is -0.107. The fraction of sp³-hybridized carbons (Fsp3) is 0.929. The lowest BCUT2D eigenvalue weighted by Crippen LogP contribution is -2.59. The quantitative estimate of drug-likeness (QED) is 0.833. The van der Waals surface area contributed by atoms with Gasteiger partial charge >= 0.3 is 5.97 Å². The molecule has 1 N–H and O–H groups in total. The Kier molecular flexibility index (Phi) is 3.70. The fourth-order valence-corrected chi connectivity index (χ4v) is 3.62. The molecule has 0 aliphatic carbocycles. The lowest BCUT2D eigenvalue weighted by Gasteiger charge is -2.57. The Morgan fingerprint density at radius 1 is 1.39 bits per heavy atom. The van der Waals surface area contributed by atoms with Crippen molar-refractivity contribution < 1.29 is 14.6 Å². The summed E-state index contributed by atoms with van der Waals surface area (Å²) in [5, 5.41) is 9.12. The molecule has 0 saturated carbocycles. The van der Waals surface area contributed by atoms with Crippen molar-refractivity contribution in [3.8, 4) is 0 Å². The normalized spacial score (nSPS) is 25.7. The summed E-state index contributed by atoms with van der Waals surface area (Å²) in [6.07, 6.45) is 2.58. The molecule has 0 atom stereocenters. The number of likely N-dealkylation sites (tertiary alicyclic amines) is 1. The molecular formula is C14H25NO3. The molecule has 2 fully saturated rings. The van der Waals surface area contributed by atoms with E-state index >= 15 is 0 Å². The van der Waals surface area contributed by atoms with Gasteiger partial charge in [0.1, 0.15) is 0 Å². The van der Waals surface area contributed by atoms with Gasteiger partial charge in [-0.3, -0.25) is 4.79 Å². The Morgan fingerprint density at radius 3 is 2.33 bits per heavy atom. The minimum absolute atomic E-state index is 0.0760. The van der Waals surface area contributed by atoms with Gasteiger partial charge in [0.2, 0.25) is 0 Å². The standard InChI is InChI=1S/C14H25NO3/c1-13(2,8-12(16)17)14(9-18-10-14)11-4-6-15(3)7-5-11/h11H,4-10H2,1-3H3,(H,16,17). The summed E-state index contributed by atoms with van der Waals surface area (Å²) < 4.78 is 5.48. The Labute approximate surface area is 109 Å². The maximum absolute atomic E-state index is 11.1. The second-order valence-corrected chi connectivity index (χ2v) is 6.68. The molecule has 0 spiro atoms. The molecule has 2 saturated heterocycles. The zero-order chi connectivity index (χ0) is 13.4. The van der Waals surface area contributed by atoms with Gasteiger partial charge in [0, 0.05) is 5.41 Å². The third kappa shape index (κ3) is 2.28. The van der Waals surface area contributed by atoms with Gasteiger partial charge in [-0.2, -0.15) is 0 Å². The molecule has 0 aromatic carbocycles. The highest BCUT2D eigenvalue weighted by atomic mass is 16.5. The molecule has 0 aromatic heterocycles. The Bertz CT molecular complexity index is 315. The van der Waals surface area contributed by atoms with Crippen molar-refractivity contribution in [2.24, 2.45) is 16.7 Å². The highest BCUT2D eigenvalue weighted by Gasteiger charge is 2.56. The molecule has 0 radical (unpaired) electrons. The van der Waals surface area contributed by atoms with Gasteiger partial charge in [0.15, 0.2) is 0 Å².